The van der Waals surface area contributed by atoms with Crippen molar-refractivity contribution in [2.75, 3.05) is 25.1 Å². The Labute approximate surface area is 208 Å². The van der Waals surface area contributed by atoms with Crippen LogP contribution in [0.25, 0.3) is 15.9 Å². The number of carbonyl (C=O) groups excluding carboxylic acids is 1. The van der Waals surface area contributed by atoms with Gasteiger partial charge in [-0.3, -0.25) is 9.59 Å². The van der Waals surface area contributed by atoms with Gasteiger partial charge in [0.05, 0.1) is 24.2 Å². The molecule has 1 fully saturated rings. The maximum Gasteiger partial charge on any atom is 0.277 e. The van der Waals surface area contributed by atoms with Gasteiger partial charge in [-0.15, -0.1) is 11.3 Å². The summed E-state index contributed by atoms with van der Waals surface area (Å²) in [5, 5.41) is 4.97. The summed E-state index contributed by atoms with van der Waals surface area (Å²) in [5.74, 6) is 1.23. The number of carbonyl (C=O) groups is 1. The standard InChI is InChI=1S/C27H28N4O3S/c1-18-5-3-7-21(15-18)31-26(33)24-23(12-14-35-24)29-27(31)30-13-4-6-20(17-30)25(32)28-16-19-8-10-22(34-2)11-9-19/h3,5,7-12,14-15,20H,4,6,13,16-17H2,1-2H3,(H,28,32)/t20-/m1/s1. The summed E-state index contributed by atoms with van der Waals surface area (Å²) in [7, 11) is 1.63. The van der Waals surface area contributed by atoms with Crippen LogP contribution in [0, 0.1) is 12.8 Å². The minimum atomic E-state index is -0.178. The van der Waals surface area contributed by atoms with Crippen LogP contribution in [0.1, 0.15) is 24.0 Å². The van der Waals surface area contributed by atoms with Gasteiger partial charge in [0.2, 0.25) is 11.9 Å². The summed E-state index contributed by atoms with van der Waals surface area (Å²) in [6.07, 6.45) is 1.66. The zero-order valence-corrected chi connectivity index (χ0v) is 20.7. The van der Waals surface area contributed by atoms with Crippen LogP contribution in [-0.4, -0.2) is 35.7 Å². The van der Waals surface area contributed by atoms with Crippen molar-refractivity contribution in [3.63, 3.8) is 0 Å². The maximum atomic E-state index is 13.5. The third-order valence-electron chi connectivity index (χ3n) is 6.42. The SMILES string of the molecule is COc1ccc(CNC(=O)[C@@H]2CCCN(c3nc4ccsc4c(=O)n3-c3cccc(C)c3)C2)cc1. The van der Waals surface area contributed by atoms with Crippen LogP contribution >= 0.6 is 11.3 Å². The Bertz CT molecular complexity index is 1410. The molecule has 0 saturated carbocycles. The fourth-order valence-corrected chi connectivity index (χ4v) is 5.32. The normalized spacial score (nSPS) is 15.8. The van der Waals surface area contributed by atoms with Crippen molar-refractivity contribution in [1.29, 1.82) is 0 Å². The van der Waals surface area contributed by atoms with Crippen LogP contribution in [0.5, 0.6) is 5.75 Å². The molecule has 0 bridgehead atoms. The number of thiophene rings is 1. The van der Waals surface area contributed by atoms with Gasteiger partial charge in [0, 0.05) is 19.6 Å². The summed E-state index contributed by atoms with van der Waals surface area (Å²) in [4.78, 5) is 33.5. The van der Waals surface area contributed by atoms with Gasteiger partial charge in [0.15, 0.2) is 0 Å². The molecule has 2 aromatic carbocycles. The minimum Gasteiger partial charge on any atom is -0.497 e. The first kappa shape index (κ1) is 23.1. The fraction of sp³-hybridized carbons (Fsp3) is 0.296. The Hall–Kier alpha value is -3.65. The largest absolute Gasteiger partial charge is 0.497 e. The topological polar surface area (TPSA) is 76.5 Å². The smallest absolute Gasteiger partial charge is 0.277 e. The van der Waals surface area contributed by atoms with E-state index in [1.807, 2.05) is 66.9 Å². The highest BCUT2D eigenvalue weighted by Gasteiger charge is 2.29. The highest BCUT2D eigenvalue weighted by atomic mass is 32.1. The third-order valence-corrected chi connectivity index (χ3v) is 7.31. The summed E-state index contributed by atoms with van der Waals surface area (Å²) in [6, 6.07) is 17.5. The Morgan fingerprint density at radius 3 is 2.80 bits per heavy atom. The van der Waals surface area contributed by atoms with Crippen molar-refractivity contribution in [2.24, 2.45) is 5.92 Å². The van der Waals surface area contributed by atoms with Crippen LogP contribution in [-0.2, 0) is 11.3 Å². The molecule has 4 aromatic rings. The lowest BCUT2D eigenvalue weighted by Gasteiger charge is -2.34. The van der Waals surface area contributed by atoms with E-state index in [1.165, 1.54) is 11.3 Å². The lowest BCUT2D eigenvalue weighted by molar-refractivity contribution is -0.125. The number of anilines is 1. The number of methoxy groups -OCH3 is 1. The summed E-state index contributed by atoms with van der Waals surface area (Å²) in [6.45, 7) is 3.74. The Morgan fingerprint density at radius 2 is 2.03 bits per heavy atom. The number of amides is 1. The highest BCUT2D eigenvalue weighted by molar-refractivity contribution is 7.17. The molecule has 180 valence electrons. The highest BCUT2D eigenvalue weighted by Crippen LogP contribution is 2.27. The van der Waals surface area contributed by atoms with E-state index in [0.717, 1.165) is 42.0 Å². The number of nitrogens with zero attached hydrogens (tertiary/aromatic N) is 3. The van der Waals surface area contributed by atoms with E-state index in [0.29, 0.717) is 29.3 Å². The molecule has 1 saturated heterocycles. The Balaban J connectivity index is 1.40. The number of rotatable bonds is 6. The quantitative estimate of drug-likeness (QED) is 0.438. The van der Waals surface area contributed by atoms with Crippen molar-refractivity contribution < 1.29 is 9.53 Å². The van der Waals surface area contributed by atoms with E-state index < -0.39 is 0 Å². The molecule has 0 unspecified atom stereocenters. The van der Waals surface area contributed by atoms with Gasteiger partial charge in [-0.25, -0.2) is 9.55 Å². The zero-order chi connectivity index (χ0) is 24.4. The molecule has 0 aliphatic carbocycles. The average molecular weight is 489 g/mol. The molecular formula is C27H28N4O3S. The second kappa shape index (κ2) is 9.92. The first-order chi connectivity index (χ1) is 17.0. The molecular weight excluding hydrogens is 460 g/mol. The number of hydrogen-bond acceptors (Lipinski definition) is 6. The third kappa shape index (κ3) is 4.79. The first-order valence-corrected chi connectivity index (χ1v) is 12.6. The van der Waals surface area contributed by atoms with Crippen molar-refractivity contribution in [1.82, 2.24) is 14.9 Å². The Morgan fingerprint density at radius 1 is 1.20 bits per heavy atom. The van der Waals surface area contributed by atoms with E-state index in [9.17, 15) is 9.59 Å². The maximum absolute atomic E-state index is 13.5. The predicted octanol–water partition coefficient (Wildman–Crippen LogP) is 4.30. The van der Waals surface area contributed by atoms with Crippen LogP contribution in [0.4, 0.5) is 5.95 Å². The number of benzene rings is 2. The van der Waals surface area contributed by atoms with Gasteiger partial charge >= 0.3 is 0 Å². The lowest BCUT2D eigenvalue weighted by atomic mass is 9.97. The number of fused-ring (bicyclic) bond motifs is 1. The van der Waals surface area contributed by atoms with Gasteiger partial charge in [-0.1, -0.05) is 24.3 Å². The summed E-state index contributed by atoms with van der Waals surface area (Å²) in [5.41, 5.74) is 3.51. The number of aromatic nitrogens is 2. The molecule has 0 spiro atoms. The average Bonchev–Trinajstić information content (AvgIpc) is 3.37. The number of piperidine rings is 1. The van der Waals surface area contributed by atoms with Crippen LogP contribution in [0.2, 0.25) is 0 Å². The van der Waals surface area contributed by atoms with Gasteiger partial charge < -0.3 is 15.0 Å². The molecule has 35 heavy (non-hydrogen) atoms. The molecule has 1 atom stereocenters. The van der Waals surface area contributed by atoms with Crippen molar-refractivity contribution >= 4 is 33.4 Å². The van der Waals surface area contributed by atoms with E-state index in [1.54, 1.807) is 11.7 Å². The molecule has 1 aliphatic heterocycles. The molecule has 5 rings (SSSR count). The number of hydrogen-bond donors (Lipinski definition) is 1. The van der Waals surface area contributed by atoms with E-state index in [2.05, 4.69) is 10.2 Å². The summed E-state index contributed by atoms with van der Waals surface area (Å²) >= 11 is 1.41. The molecule has 3 heterocycles. The van der Waals surface area contributed by atoms with Crippen LogP contribution in [0.3, 0.4) is 0 Å². The van der Waals surface area contributed by atoms with Crippen LogP contribution < -0.4 is 20.5 Å². The van der Waals surface area contributed by atoms with E-state index >= 15 is 0 Å². The molecule has 0 radical (unpaired) electrons. The predicted molar refractivity (Wildman–Crippen MR) is 140 cm³/mol. The molecule has 2 aromatic heterocycles. The lowest BCUT2D eigenvalue weighted by Crippen LogP contribution is -2.45. The Kier molecular flexibility index (Phi) is 6.55. The molecule has 1 amide bonds. The summed E-state index contributed by atoms with van der Waals surface area (Å²) < 4.78 is 7.54. The van der Waals surface area contributed by atoms with E-state index in [4.69, 9.17) is 9.72 Å². The fourth-order valence-electron chi connectivity index (χ4n) is 4.56. The van der Waals surface area contributed by atoms with E-state index in [-0.39, 0.29) is 17.4 Å². The first-order valence-electron chi connectivity index (χ1n) is 11.8. The van der Waals surface area contributed by atoms with Crippen molar-refractivity contribution in [3.05, 3.63) is 81.5 Å². The van der Waals surface area contributed by atoms with Gasteiger partial charge in [0.1, 0.15) is 10.4 Å². The van der Waals surface area contributed by atoms with Crippen LogP contribution in [0.15, 0.2) is 64.8 Å². The second-order valence-electron chi connectivity index (χ2n) is 8.88. The number of aryl methyl sites for hydroxylation is 1. The molecule has 1 aliphatic rings. The molecule has 7 nitrogen and oxygen atoms in total. The zero-order valence-electron chi connectivity index (χ0n) is 19.9. The van der Waals surface area contributed by atoms with Crippen molar-refractivity contribution in [2.45, 2.75) is 26.3 Å². The molecule has 1 N–H and O–H groups in total. The monoisotopic (exact) mass is 488 g/mol. The number of ether oxygens (including phenoxy) is 1. The minimum absolute atomic E-state index is 0.0200. The van der Waals surface area contributed by atoms with Gasteiger partial charge in [-0.05, 0) is 66.6 Å². The number of nitrogens with one attached hydrogen (secondary N) is 1. The van der Waals surface area contributed by atoms with Gasteiger partial charge in [-0.2, -0.15) is 0 Å². The van der Waals surface area contributed by atoms with Crippen molar-refractivity contribution in [3.8, 4) is 11.4 Å². The second-order valence-corrected chi connectivity index (χ2v) is 9.79. The van der Waals surface area contributed by atoms with Gasteiger partial charge in [0.25, 0.3) is 5.56 Å². The molecule has 8 heteroatoms.